The second-order valence-electron chi connectivity index (χ2n) is 6.85. The van der Waals surface area contributed by atoms with Crippen molar-refractivity contribution in [1.29, 1.82) is 0 Å². The Balaban J connectivity index is 1.93. The molecule has 5 heteroatoms. The molecule has 0 aliphatic heterocycles. The molecule has 2 aromatic rings. The van der Waals surface area contributed by atoms with Crippen molar-refractivity contribution in [1.82, 2.24) is 5.32 Å². The number of rotatable bonds is 4. The topological polar surface area (TPSA) is 58.2 Å². The number of amides is 2. The van der Waals surface area contributed by atoms with Crippen LogP contribution in [-0.2, 0) is 21.4 Å². The highest BCUT2D eigenvalue weighted by atomic mass is 19.1. The van der Waals surface area contributed by atoms with E-state index in [1.807, 2.05) is 32.9 Å². The molecule has 0 radical (unpaired) electrons. The number of anilines is 1. The number of halogens is 1. The van der Waals surface area contributed by atoms with Gasteiger partial charge in [0.15, 0.2) is 0 Å². The monoisotopic (exact) mass is 342 g/mol. The van der Waals surface area contributed by atoms with Crippen LogP contribution < -0.4 is 10.6 Å². The molecule has 0 unspecified atom stereocenters. The summed E-state index contributed by atoms with van der Waals surface area (Å²) in [5.41, 5.74) is 1.90. The van der Waals surface area contributed by atoms with Gasteiger partial charge < -0.3 is 10.6 Å². The van der Waals surface area contributed by atoms with Gasteiger partial charge in [-0.05, 0) is 35.1 Å². The maximum Gasteiger partial charge on any atom is 0.313 e. The molecule has 2 rings (SSSR count). The van der Waals surface area contributed by atoms with Gasteiger partial charge in [-0.2, -0.15) is 0 Å². The van der Waals surface area contributed by atoms with Crippen molar-refractivity contribution in [2.24, 2.45) is 0 Å². The molecule has 0 aromatic heterocycles. The van der Waals surface area contributed by atoms with Gasteiger partial charge in [-0.25, -0.2) is 4.39 Å². The van der Waals surface area contributed by atoms with Gasteiger partial charge in [0, 0.05) is 12.2 Å². The van der Waals surface area contributed by atoms with Crippen LogP contribution in [0.1, 0.15) is 31.9 Å². The van der Waals surface area contributed by atoms with Crippen LogP contribution in [0.4, 0.5) is 10.1 Å². The highest BCUT2D eigenvalue weighted by Crippen LogP contribution is 2.29. The minimum atomic E-state index is -0.736. The first kappa shape index (κ1) is 18.6. The van der Waals surface area contributed by atoms with Crippen molar-refractivity contribution in [2.45, 2.75) is 32.6 Å². The number of hydrogen-bond donors (Lipinski definition) is 2. The molecule has 0 bridgehead atoms. The average molecular weight is 342 g/mol. The Labute approximate surface area is 147 Å². The van der Waals surface area contributed by atoms with Crippen LogP contribution >= 0.6 is 0 Å². The van der Waals surface area contributed by atoms with Gasteiger partial charge in [-0.1, -0.05) is 57.2 Å². The molecule has 0 saturated carbocycles. The van der Waals surface area contributed by atoms with Crippen LogP contribution in [0.2, 0.25) is 0 Å². The SMILES string of the molecule is CC(C)(C)c1ccccc1NC(=O)C(=O)NCCc1ccccc1F. The molecule has 0 heterocycles. The smallest absolute Gasteiger partial charge is 0.313 e. The van der Waals surface area contributed by atoms with E-state index in [1.54, 1.807) is 30.3 Å². The summed E-state index contributed by atoms with van der Waals surface area (Å²) in [5, 5.41) is 5.17. The Morgan fingerprint density at radius 1 is 0.960 bits per heavy atom. The molecule has 2 amide bonds. The zero-order chi connectivity index (χ0) is 18.4. The molecule has 0 aliphatic carbocycles. The summed E-state index contributed by atoms with van der Waals surface area (Å²) >= 11 is 0. The first-order valence-electron chi connectivity index (χ1n) is 8.21. The highest BCUT2D eigenvalue weighted by Gasteiger charge is 2.20. The van der Waals surface area contributed by atoms with E-state index in [9.17, 15) is 14.0 Å². The minimum absolute atomic E-state index is 0.162. The van der Waals surface area contributed by atoms with Gasteiger partial charge in [0.05, 0.1) is 0 Å². The van der Waals surface area contributed by atoms with Gasteiger partial charge in [-0.15, -0.1) is 0 Å². The number of para-hydroxylation sites is 1. The van der Waals surface area contributed by atoms with E-state index in [1.165, 1.54) is 6.07 Å². The summed E-state index contributed by atoms with van der Waals surface area (Å²) in [6.45, 7) is 6.29. The molecule has 0 saturated heterocycles. The van der Waals surface area contributed by atoms with Crippen LogP contribution in [0.3, 0.4) is 0 Å². The molecular formula is C20H23FN2O2. The number of carbonyl (C=O) groups excluding carboxylic acids is 2. The average Bonchev–Trinajstić information content (AvgIpc) is 2.56. The van der Waals surface area contributed by atoms with Crippen LogP contribution in [0, 0.1) is 5.82 Å². The van der Waals surface area contributed by atoms with Crippen molar-refractivity contribution >= 4 is 17.5 Å². The molecule has 2 aromatic carbocycles. The standard InChI is InChI=1S/C20H23FN2O2/c1-20(2,3)15-9-5-7-11-17(15)23-19(25)18(24)22-13-12-14-8-4-6-10-16(14)21/h4-11H,12-13H2,1-3H3,(H,22,24)(H,23,25). The lowest BCUT2D eigenvalue weighted by Crippen LogP contribution is -2.37. The van der Waals surface area contributed by atoms with E-state index in [0.717, 1.165) is 5.56 Å². The third-order valence-corrected chi connectivity index (χ3v) is 3.83. The fourth-order valence-electron chi connectivity index (χ4n) is 2.52. The fourth-order valence-corrected chi connectivity index (χ4v) is 2.52. The highest BCUT2D eigenvalue weighted by molar-refractivity contribution is 6.39. The van der Waals surface area contributed by atoms with Gasteiger partial charge in [0.2, 0.25) is 0 Å². The van der Waals surface area contributed by atoms with Crippen LogP contribution in [-0.4, -0.2) is 18.4 Å². The van der Waals surface area contributed by atoms with Crippen molar-refractivity contribution in [3.63, 3.8) is 0 Å². The third-order valence-electron chi connectivity index (χ3n) is 3.83. The molecule has 25 heavy (non-hydrogen) atoms. The lowest BCUT2D eigenvalue weighted by atomic mass is 9.86. The summed E-state index contributed by atoms with van der Waals surface area (Å²) in [5.74, 6) is -1.79. The summed E-state index contributed by atoms with van der Waals surface area (Å²) in [6, 6.07) is 13.8. The normalized spacial score (nSPS) is 11.0. The number of hydrogen-bond acceptors (Lipinski definition) is 2. The first-order chi connectivity index (χ1) is 11.8. The lowest BCUT2D eigenvalue weighted by Gasteiger charge is -2.22. The van der Waals surface area contributed by atoms with E-state index in [2.05, 4.69) is 10.6 Å². The molecule has 4 nitrogen and oxygen atoms in total. The van der Waals surface area contributed by atoms with E-state index < -0.39 is 11.8 Å². The summed E-state index contributed by atoms with van der Waals surface area (Å²) in [6.07, 6.45) is 0.324. The summed E-state index contributed by atoms with van der Waals surface area (Å²) in [7, 11) is 0. The molecule has 0 fully saturated rings. The zero-order valence-corrected chi connectivity index (χ0v) is 14.7. The van der Waals surface area contributed by atoms with Crippen LogP contribution in [0.5, 0.6) is 0 Å². The van der Waals surface area contributed by atoms with E-state index in [4.69, 9.17) is 0 Å². The largest absolute Gasteiger partial charge is 0.347 e. The van der Waals surface area contributed by atoms with Crippen molar-refractivity contribution < 1.29 is 14.0 Å². The Morgan fingerprint density at radius 3 is 2.28 bits per heavy atom. The zero-order valence-electron chi connectivity index (χ0n) is 14.7. The van der Waals surface area contributed by atoms with Gasteiger partial charge in [0.1, 0.15) is 5.82 Å². The maximum absolute atomic E-state index is 13.5. The van der Waals surface area contributed by atoms with E-state index in [-0.39, 0.29) is 17.8 Å². The molecule has 0 spiro atoms. The van der Waals surface area contributed by atoms with E-state index >= 15 is 0 Å². The van der Waals surface area contributed by atoms with Crippen molar-refractivity contribution in [2.75, 3.05) is 11.9 Å². The lowest BCUT2D eigenvalue weighted by molar-refractivity contribution is -0.136. The predicted octanol–water partition coefficient (Wildman–Crippen LogP) is 3.42. The molecule has 0 atom stereocenters. The van der Waals surface area contributed by atoms with Crippen molar-refractivity contribution in [3.05, 3.63) is 65.5 Å². The number of benzene rings is 2. The molecule has 0 aliphatic rings. The van der Waals surface area contributed by atoms with Gasteiger partial charge in [0.25, 0.3) is 0 Å². The Hall–Kier alpha value is -2.69. The molecular weight excluding hydrogens is 319 g/mol. The van der Waals surface area contributed by atoms with E-state index in [0.29, 0.717) is 17.7 Å². The predicted molar refractivity (Wildman–Crippen MR) is 96.9 cm³/mol. The Bertz CT molecular complexity index is 766. The quantitative estimate of drug-likeness (QED) is 0.837. The third kappa shape index (κ3) is 5.14. The molecule has 2 N–H and O–H groups in total. The number of nitrogens with one attached hydrogen (secondary N) is 2. The minimum Gasteiger partial charge on any atom is -0.347 e. The Kier molecular flexibility index (Phi) is 5.91. The van der Waals surface area contributed by atoms with Crippen molar-refractivity contribution in [3.8, 4) is 0 Å². The Morgan fingerprint density at radius 2 is 1.60 bits per heavy atom. The maximum atomic E-state index is 13.5. The fraction of sp³-hybridized carbons (Fsp3) is 0.300. The molecule has 132 valence electrons. The summed E-state index contributed by atoms with van der Waals surface area (Å²) < 4.78 is 13.5. The first-order valence-corrected chi connectivity index (χ1v) is 8.21. The second-order valence-corrected chi connectivity index (χ2v) is 6.85. The van der Waals surface area contributed by atoms with Gasteiger partial charge >= 0.3 is 11.8 Å². The van der Waals surface area contributed by atoms with Crippen LogP contribution in [0.15, 0.2) is 48.5 Å². The second kappa shape index (κ2) is 7.92. The van der Waals surface area contributed by atoms with Crippen LogP contribution in [0.25, 0.3) is 0 Å². The number of carbonyl (C=O) groups is 2. The van der Waals surface area contributed by atoms with Gasteiger partial charge in [-0.3, -0.25) is 9.59 Å². The summed E-state index contributed by atoms with van der Waals surface area (Å²) in [4.78, 5) is 24.1.